The molecule has 1 aromatic heterocycles. The summed E-state index contributed by atoms with van der Waals surface area (Å²) in [6.07, 6.45) is 0. The molecule has 5 heteroatoms. The van der Waals surface area contributed by atoms with Crippen molar-refractivity contribution in [1.82, 2.24) is 10.2 Å². The number of carbonyl (C=O) groups excluding carboxylic acids is 1. The Hall–Kier alpha value is -2.66. The highest BCUT2D eigenvalue weighted by Crippen LogP contribution is 2.22. The number of carbonyl (C=O) groups is 1. The predicted molar refractivity (Wildman–Crippen MR) is 97.2 cm³/mol. The summed E-state index contributed by atoms with van der Waals surface area (Å²) in [6.45, 7) is 2.10. The minimum absolute atomic E-state index is 0.190. The van der Waals surface area contributed by atoms with Gasteiger partial charge in [0.2, 0.25) is 0 Å². The van der Waals surface area contributed by atoms with E-state index in [1.807, 2.05) is 36.4 Å². The maximum Gasteiger partial charge on any atom is 0.256 e. The van der Waals surface area contributed by atoms with Crippen molar-refractivity contribution in [3.05, 3.63) is 83.4 Å². The number of thioether (sulfide) groups is 1. The van der Waals surface area contributed by atoms with E-state index in [9.17, 15) is 4.79 Å². The number of rotatable bonds is 5. The fraction of sp³-hybridized carbons (Fsp3) is 0.105. The third kappa shape index (κ3) is 4.20. The summed E-state index contributed by atoms with van der Waals surface area (Å²) >= 11 is 1.63. The van der Waals surface area contributed by atoms with Gasteiger partial charge in [0, 0.05) is 11.3 Å². The summed E-state index contributed by atoms with van der Waals surface area (Å²) in [4.78, 5) is 12.1. The Morgan fingerprint density at radius 2 is 1.71 bits per heavy atom. The molecule has 120 valence electrons. The zero-order valence-electron chi connectivity index (χ0n) is 13.3. The number of anilines is 1. The van der Waals surface area contributed by atoms with Crippen molar-refractivity contribution in [3.63, 3.8) is 0 Å². The van der Waals surface area contributed by atoms with Crippen LogP contribution in [0.1, 0.15) is 21.5 Å². The maximum absolute atomic E-state index is 12.1. The first-order chi connectivity index (χ1) is 11.7. The normalized spacial score (nSPS) is 10.4. The molecule has 4 nitrogen and oxygen atoms in total. The highest BCUT2D eigenvalue weighted by molar-refractivity contribution is 7.98. The zero-order valence-corrected chi connectivity index (χ0v) is 14.1. The second kappa shape index (κ2) is 7.75. The van der Waals surface area contributed by atoms with Crippen LogP contribution in [0.4, 0.5) is 5.82 Å². The minimum Gasteiger partial charge on any atom is -0.305 e. The Labute approximate surface area is 145 Å². The molecule has 0 aliphatic carbocycles. The van der Waals surface area contributed by atoms with Crippen LogP contribution in [-0.2, 0) is 5.75 Å². The van der Waals surface area contributed by atoms with Crippen LogP contribution >= 0.6 is 11.8 Å². The van der Waals surface area contributed by atoms with Gasteiger partial charge in [-0.2, -0.15) is 0 Å². The molecule has 0 fully saturated rings. The van der Waals surface area contributed by atoms with Crippen LogP contribution in [0.2, 0.25) is 0 Å². The van der Waals surface area contributed by atoms with Gasteiger partial charge in [0.25, 0.3) is 5.91 Å². The molecule has 0 saturated carbocycles. The van der Waals surface area contributed by atoms with Crippen molar-refractivity contribution in [2.24, 2.45) is 0 Å². The van der Waals surface area contributed by atoms with Crippen LogP contribution in [0.25, 0.3) is 0 Å². The number of aryl methyl sites for hydroxylation is 1. The van der Waals surface area contributed by atoms with Crippen molar-refractivity contribution in [2.75, 3.05) is 5.32 Å². The third-order valence-corrected chi connectivity index (χ3v) is 4.52. The number of amides is 1. The van der Waals surface area contributed by atoms with E-state index < -0.39 is 0 Å². The van der Waals surface area contributed by atoms with Gasteiger partial charge in [-0.05, 0) is 42.3 Å². The van der Waals surface area contributed by atoms with Crippen LogP contribution in [0, 0.1) is 6.92 Å². The molecule has 0 unspecified atom stereocenters. The monoisotopic (exact) mass is 335 g/mol. The topological polar surface area (TPSA) is 54.9 Å². The first-order valence-corrected chi connectivity index (χ1v) is 8.58. The van der Waals surface area contributed by atoms with Crippen LogP contribution in [-0.4, -0.2) is 16.1 Å². The highest BCUT2D eigenvalue weighted by Gasteiger charge is 2.07. The summed E-state index contributed by atoms with van der Waals surface area (Å²) in [6, 6.07) is 21.0. The summed E-state index contributed by atoms with van der Waals surface area (Å²) in [7, 11) is 0. The van der Waals surface area contributed by atoms with Crippen molar-refractivity contribution in [1.29, 1.82) is 0 Å². The fourth-order valence-corrected chi connectivity index (χ4v) is 3.06. The van der Waals surface area contributed by atoms with E-state index in [1.165, 1.54) is 11.1 Å². The molecule has 0 atom stereocenters. The summed E-state index contributed by atoms with van der Waals surface area (Å²) in [5.41, 5.74) is 3.15. The molecule has 0 saturated heterocycles. The first-order valence-electron chi connectivity index (χ1n) is 7.60. The Morgan fingerprint density at radius 3 is 2.42 bits per heavy atom. The first kappa shape index (κ1) is 16.2. The van der Waals surface area contributed by atoms with Gasteiger partial charge in [-0.1, -0.05) is 54.2 Å². The SMILES string of the molecule is Cc1ccccc1CSc1ccc(NC(=O)c2ccccc2)nn1. The maximum atomic E-state index is 12.1. The van der Waals surface area contributed by atoms with E-state index in [-0.39, 0.29) is 5.91 Å². The molecular formula is C19H17N3OS. The van der Waals surface area contributed by atoms with Crippen molar-refractivity contribution in [2.45, 2.75) is 17.7 Å². The second-order valence-electron chi connectivity index (χ2n) is 5.29. The van der Waals surface area contributed by atoms with Crippen LogP contribution < -0.4 is 5.32 Å². The average Bonchev–Trinajstić information content (AvgIpc) is 2.63. The van der Waals surface area contributed by atoms with Crippen molar-refractivity contribution >= 4 is 23.5 Å². The summed E-state index contributed by atoms with van der Waals surface area (Å²) in [5, 5.41) is 11.8. The quantitative estimate of drug-likeness (QED) is 0.705. The number of hydrogen-bond acceptors (Lipinski definition) is 4. The lowest BCUT2D eigenvalue weighted by molar-refractivity contribution is 0.102. The second-order valence-corrected chi connectivity index (χ2v) is 6.29. The molecule has 1 amide bonds. The highest BCUT2D eigenvalue weighted by atomic mass is 32.2. The van der Waals surface area contributed by atoms with Crippen LogP contribution in [0.15, 0.2) is 71.8 Å². The van der Waals surface area contributed by atoms with Crippen LogP contribution in [0.3, 0.4) is 0 Å². The zero-order chi connectivity index (χ0) is 16.8. The van der Waals surface area contributed by atoms with E-state index in [0.29, 0.717) is 11.4 Å². The van der Waals surface area contributed by atoms with Gasteiger partial charge in [0.1, 0.15) is 5.03 Å². The van der Waals surface area contributed by atoms with Gasteiger partial charge in [-0.15, -0.1) is 10.2 Å². The van der Waals surface area contributed by atoms with E-state index in [0.717, 1.165) is 10.8 Å². The number of aromatic nitrogens is 2. The number of nitrogens with one attached hydrogen (secondary N) is 1. The van der Waals surface area contributed by atoms with Crippen molar-refractivity contribution < 1.29 is 4.79 Å². The number of nitrogens with zero attached hydrogens (tertiary/aromatic N) is 2. The minimum atomic E-state index is -0.190. The largest absolute Gasteiger partial charge is 0.305 e. The van der Waals surface area contributed by atoms with E-state index >= 15 is 0 Å². The van der Waals surface area contributed by atoms with E-state index in [2.05, 4.69) is 34.6 Å². The molecule has 2 aromatic carbocycles. The van der Waals surface area contributed by atoms with Crippen LogP contribution in [0.5, 0.6) is 0 Å². The molecule has 24 heavy (non-hydrogen) atoms. The third-order valence-electron chi connectivity index (χ3n) is 3.55. The molecular weight excluding hydrogens is 318 g/mol. The fourth-order valence-electron chi connectivity index (χ4n) is 2.17. The Balaban J connectivity index is 1.59. The van der Waals surface area contributed by atoms with E-state index in [4.69, 9.17) is 0 Å². The number of benzene rings is 2. The number of hydrogen-bond donors (Lipinski definition) is 1. The Bertz CT molecular complexity index is 820. The Morgan fingerprint density at radius 1 is 0.958 bits per heavy atom. The average molecular weight is 335 g/mol. The molecule has 0 aliphatic rings. The molecule has 3 rings (SSSR count). The van der Waals surface area contributed by atoms with Gasteiger partial charge in [-0.3, -0.25) is 4.79 Å². The van der Waals surface area contributed by atoms with Gasteiger partial charge in [0.05, 0.1) is 0 Å². The van der Waals surface area contributed by atoms with E-state index in [1.54, 1.807) is 30.0 Å². The molecule has 1 N–H and O–H groups in total. The summed E-state index contributed by atoms with van der Waals surface area (Å²) < 4.78 is 0. The molecule has 0 radical (unpaired) electrons. The predicted octanol–water partition coefficient (Wildman–Crippen LogP) is 4.33. The molecule has 0 bridgehead atoms. The van der Waals surface area contributed by atoms with Crippen molar-refractivity contribution in [3.8, 4) is 0 Å². The Kier molecular flexibility index (Phi) is 5.23. The molecule has 1 heterocycles. The van der Waals surface area contributed by atoms with Gasteiger partial charge >= 0.3 is 0 Å². The van der Waals surface area contributed by atoms with Gasteiger partial charge < -0.3 is 5.32 Å². The summed E-state index contributed by atoms with van der Waals surface area (Å²) in [5.74, 6) is 1.10. The van der Waals surface area contributed by atoms with Gasteiger partial charge in [-0.25, -0.2) is 0 Å². The standard InChI is InChI=1S/C19H17N3OS/c1-14-7-5-6-10-16(14)13-24-18-12-11-17(21-22-18)20-19(23)15-8-3-2-4-9-15/h2-12H,13H2,1H3,(H,20,21,23). The lowest BCUT2D eigenvalue weighted by Crippen LogP contribution is -2.13. The lowest BCUT2D eigenvalue weighted by atomic mass is 10.1. The molecule has 0 aliphatic heterocycles. The van der Waals surface area contributed by atoms with Gasteiger partial charge in [0.15, 0.2) is 5.82 Å². The lowest BCUT2D eigenvalue weighted by Gasteiger charge is -2.06. The molecule has 0 spiro atoms. The molecule has 3 aromatic rings. The smallest absolute Gasteiger partial charge is 0.256 e.